The Balaban J connectivity index is 0.000000663. The maximum Gasteiger partial charge on any atom is 0.414 e. The van der Waals surface area contributed by atoms with Gasteiger partial charge in [-0.15, -0.1) is 11.3 Å². The van der Waals surface area contributed by atoms with Crippen LogP contribution in [0, 0.1) is 11.7 Å². The lowest BCUT2D eigenvalue weighted by Gasteiger charge is -2.32. The van der Waals surface area contributed by atoms with Gasteiger partial charge in [0, 0.05) is 36.1 Å². The minimum Gasteiger partial charge on any atom is -0.497 e. The van der Waals surface area contributed by atoms with Gasteiger partial charge in [0.15, 0.2) is 10.9 Å². The molecular formula is C26H28FN3O8S2. The molecule has 1 aliphatic rings. The molecule has 0 atom stereocenters. The van der Waals surface area contributed by atoms with Gasteiger partial charge in [0.05, 0.1) is 12.0 Å². The number of piperidine rings is 1. The molecule has 14 heteroatoms. The maximum atomic E-state index is 13.4. The number of hydrogen-bond donors (Lipinski definition) is 2. The molecule has 0 spiro atoms. The highest BCUT2D eigenvalue weighted by Crippen LogP contribution is 2.27. The van der Waals surface area contributed by atoms with E-state index in [0.717, 1.165) is 0 Å². The van der Waals surface area contributed by atoms with Crippen molar-refractivity contribution in [1.82, 2.24) is 9.88 Å². The Labute approximate surface area is 234 Å². The second kappa shape index (κ2) is 14.0. The predicted octanol–water partition coefficient (Wildman–Crippen LogP) is 3.24. The van der Waals surface area contributed by atoms with Crippen LogP contribution in [-0.4, -0.2) is 79.5 Å². The van der Waals surface area contributed by atoms with Crippen LogP contribution in [0.5, 0.6) is 5.75 Å². The summed E-state index contributed by atoms with van der Waals surface area (Å²) in [5, 5.41) is 16.9. The van der Waals surface area contributed by atoms with E-state index in [2.05, 4.69) is 9.88 Å². The highest BCUT2D eigenvalue weighted by Gasteiger charge is 2.30. The van der Waals surface area contributed by atoms with Gasteiger partial charge in [-0.3, -0.25) is 4.79 Å². The summed E-state index contributed by atoms with van der Waals surface area (Å²) in [4.78, 5) is 37.5. The first kappa shape index (κ1) is 30.7. The molecule has 4 rings (SSSR count). The quantitative estimate of drug-likeness (QED) is 0.279. The Kier molecular flexibility index (Phi) is 10.7. The molecule has 3 aromatic rings. The van der Waals surface area contributed by atoms with E-state index >= 15 is 0 Å². The number of Topliss-reactive ketones (excluding diaryl/α,β-unsaturated/α-hetero) is 1. The highest BCUT2D eigenvalue weighted by molar-refractivity contribution is 7.93. The largest absolute Gasteiger partial charge is 0.497 e. The highest BCUT2D eigenvalue weighted by atomic mass is 32.2. The maximum absolute atomic E-state index is 13.4. The second-order valence-electron chi connectivity index (χ2n) is 8.66. The predicted molar refractivity (Wildman–Crippen MR) is 145 cm³/mol. The average Bonchev–Trinajstić information content (AvgIpc) is 3.48. The number of hydrogen-bond acceptors (Lipinski definition) is 9. The van der Waals surface area contributed by atoms with E-state index in [9.17, 15) is 17.6 Å². The number of aliphatic carboxylic acids is 2. The lowest BCUT2D eigenvalue weighted by molar-refractivity contribution is -0.159. The van der Waals surface area contributed by atoms with Crippen LogP contribution < -0.4 is 9.04 Å². The molecule has 0 radical (unpaired) electrons. The summed E-state index contributed by atoms with van der Waals surface area (Å²) in [5.41, 5.74) is 0.528. The lowest BCUT2D eigenvalue weighted by Crippen LogP contribution is -2.42. The van der Waals surface area contributed by atoms with Gasteiger partial charge in [-0.2, -0.15) is 0 Å². The van der Waals surface area contributed by atoms with Gasteiger partial charge >= 0.3 is 11.9 Å². The first-order valence-electron chi connectivity index (χ1n) is 12.1. The molecule has 1 aliphatic heterocycles. The van der Waals surface area contributed by atoms with Gasteiger partial charge in [0.2, 0.25) is 0 Å². The first-order chi connectivity index (χ1) is 19.0. The molecule has 0 amide bonds. The van der Waals surface area contributed by atoms with E-state index in [-0.39, 0.29) is 29.0 Å². The van der Waals surface area contributed by atoms with Crippen LogP contribution >= 0.6 is 11.3 Å². The van der Waals surface area contributed by atoms with Crippen LogP contribution in [0.4, 0.5) is 9.52 Å². The number of ether oxygens (including phenoxy) is 1. The van der Waals surface area contributed by atoms with Crippen molar-refractivity contribution in [3.8, 4) is 5.75 Å². The Hall–Kier alpha value is -3.88. The number of aromatic nitrogens is 1. The van der Waals surface area contributed by atoms with E-state index in [1.54, 1.807) is 23.7 Å². The van der Waals surface area contributed by atoms with Gasteiger partial charge in [-0.1, -0.05) is 0 Å². The molecule has 2 aromatic carbocycles. The number of rotatable bonds is 9. The lowest BCUT2D eigenvalue weighted by atomic mass is 9.89. The van der Waals surface area contributed by atoms with Crippen LogP contribution in [0.1, 0.15) is 23.2 Å². The Morgan fingerprint density at radius 1 is 1.05 bits per heavy atom. The number of likely N-dealkylation sites (tertiary alicyclic amines) is 1. The SMILES string of the molecule is COc1ccc(S(=O)(=O)N(CCN2CCC(C(=O)c3ccc(F)cc3)CC2)c2nccs2)cc1.O=C(O)C(=O)O. The summed E-state index contributed by atoms with van der Waals surface area (Å²) in [6, 6.07) is 12.0. The van der Waals surface area contributed by atoms with Crippen molar-refractivity contribution in [2.75, 3.05) is 37.6 Å². The minimum atomic E-state index is -3.80. The smallest absolute Gasteiger partial charge is 0.414 e. The monoisotopic (exact) mass is 593 g/mol. The van der Waals surface area contributed by atoms with Crippen molar-refractivity contribution in [2.45, 2.75) is 17.7 Å². The van der Waals surface area contributed by atoms with Crippen molar-refractivity contribution in [3.63, 3.8) is 0 Å². The van der Waals surface area contributed by atoms with Crippen molar-refractivity contribution in [1.29, 1.82) is 0 Å². The number of benzene rings is 2. The zero-order chi connectivity index (χ0) is 29.3. The minimum absolute atomic E-state index is 0.0335. The molecule has 214 valence electrons. The van der Waals surface area contributed by atoms with Crippen LogP contribution in [-0.2, 0) is 19.6 Å². The summed E-state index contributed by atoms with van der Waals surface area (Å²) < 4.78 is 46.4. The van der Waals surface area contributed by atoms with Gasteiger partial charge in [0.1, 0.15) is 11.6 Å². The van der Waals surface area contributed by atoms with Crippen LogP contribution in [0.2, 0.25) is 0 Å². The average molecular weight is 594 g/mol. The molecular weight excluding hydrogens is 565 g/mol. The fourth-order valence-corrected chi connectivity index (χ4v) is 6.34. The zero-order valence-electron chi connectivity index (χ0n) is 21.5. The molecule has 1 fully saturated rings. The molecule has 0 saturated carbocycles. The first-order valence-corrected chi connectivity index (χ1v) is 14.4. The van der Waals surface area contributed by atoms with Crippen LogP contribution in [0.15, 0.2) is 65.0 Å². The van der Waals surface area contributed by atoms with E-state index in [1.165, 1.54) is 59.2 Å². The topological polar surface area (TPSA) is 154 Å². The molecule has 0 bridgehead atoms. The zero-order valence-corrected chi connectivity index (χ0v) is 23.1. The van der Waals surface area contributed by atoms with Crippen LogP contribution in [0.25, 0.3) is 0 Å². The van der Waals surface area contributed by atoms with Gasteiger partial charge < -0.3 is 19.8 Å². The summed E-state index contributed by atoms with van der Waals surface area (Å²) >= 11 is 1.27. The Bertz CT molecular complexity index is 1380. The molecule has 0 unspecified atom stereocenters. The van der Waals surface area contributed by atoms with E-state index in [0.29, 0.717) is 48.9 Å². The molecule has 2 N–H and O–H groups in total. The molecule has 1 saturated heterocycles. The van der Waals surface area contributed by atoms with Gasteiger partial charge in [-0.25, -0.2) is 31.7 Å². The fraction of sp³-hybridized carbons (Fsp3) is 0.308. The van der Waals surface area contributed by atoms with E-state index in [4.69, 9.17) is 24.5 Å². The summed E-state index contributed by atoms with van der Waals surface area (Å²) in [6.45, 7) is 2.14. The number of carboxylic acid groups (broad SMARTS) is 2. The molecule has 40 heavy (non-hydrogen) atoms. The number of carboxylic acids is 2. The van der Waals surface area contributed by atoms with Crippen LogP contribution in [0.3, 0.4) is 0 Å². The van der Waals surface area contributed by atoms with Gasteiger partial charge in [-0.05, 0) is 74.5 Å². The third kappa shape index (κ3) is 8.07. The van der Waals surface area contributed by atoms with Crippen molar-refractivity contribution in [2.24, 2.45) is 5.92 Å². The number of carbonyl (C=O) groups excluding carboxylic acids is 1. The third-order valence-corrected chi connectivity index (χ3v) is 8.88. The van der Waals surface area contributed by atoms with Crippen molar-refractivity contribution < 1.29 is 42.1 Å². The molecule has 1 aromatic heterocycles. The Morgan fingerprint density at radius 2 is 1.65 bits per heavy atom. The third-order valence-electron chi connectivity index (χ3n) is 6.17. The Morgan fingerprint density at radius 3 is 2.15 bits per heavy atom. The molecule has 2 heterocycles. The summed E-state index contributed by atoms with van der Waals surface area (Å²) in [7, 11) is -2.27. The van der Waals surface area contributed by atoms with Crippen molar-refractivity contribution >= 4 is 44.2 Å². The van der Waals surface area contributed by atoms with E-state index < -0.39 is 22.0 Å². The number of anilines is 1. The number of thiazole rings is 1. The second-order valence-corrected chi connectivity index (χ2v) is 11.4. The number of ketones is 1. The number of nitrogens with zero attached hydrogens (tertiary/aromatic N) is 3. The normalized spacial score (nSPS) is 14.1. The standard InChI is InChI=1S/C24H26FN3O4S2.C2H2O4/c1-32-21-6-8-22(9-7-21)34(30,31)28(24-26-12-17-33-24)16-15-27-13-10-19(11-14-27)23(29)18-2-4-20(25)5-3-18;3-1(4)2(5)6/h2-9,12,17,19H,10-11,13-16H2,1H3;(H,3,4)(H,5,6). The van der Waals surface area contributed by atoms with E-state index in [1.807, 2.05) is 0 Å². The number of methoxy groups -OCH3 is 1. The number of halogens is 1. The summed E-state index contributed by atoms with van der Waals surface area (Å²) in [5.74, 6) is -3.51. The number of sulfonamides is 1. The molecule has 0 aliphatic carbocycles. The summed E-state index contributed by atoms with van der Waals surface area (Å²) in [6.07, 6.45) is 2.94. The van der Waals surface area contributed by atoms with Crippen molar-refractivity contribution in [3.05, 3.63) is 71.5 Å². The van der Waals surface area contributed by atoms with Gasteiger partial charge in [0.25, 0.3) is 10.0 Å². The number of carbonyl (C=O) groups is 3. The molecule has 11 nitrogen and oxygen atoms in total. The fourth-order valence-electron chi connectivity index (χ4n) is 4.03.